The van der Waals surface area contributed by atoms with E-state index in [2.05, 4.69) is 0 Å². The quantitative estimate of drug-likeness (QED) is 0.0889. The van der Waals surface area contributed by atoms with Crippen LogP contribution in [0.4, 0.5) is 0 Å². The molecule has 0 aliphatic carbocycles. The Balaban J connectivity index is 1.50. The van der Waals surface area contributed by atoms with E-state index in [1.165, 1.54) is 6.92 Å². The standard InChI is InChI=1S/C27H46O22/c1-7-13(34)14(35)10(4-29)43-23(7)47-21-12(6-31)45-24(17(38)16(21)37)48-22-15(36)11(5-30)44-25(18(22)39)46-19-8(32)2-27(42,26(40)41)49-20(19)9(33)3-28/h7-25,28-39,42H,2-6H2,1H3,(H,40,41)/t7?,8-,9-,10?,11?,12?,13-,14+,15+,16-,17?,18?,19-,20?,21+,22+,23+,24-,25+,27-/m1/s1. The summed E-state index contributed by atoms with van der Waals surface area (Å²) in [6, 6.07) is 0. The molecule has 0 aromatic carbocycles. The van der Waals surface area contributed by atoms with Crippen LogP contribution in [-0.2, 0) is 38.0 Å². The van der Waals surface area contributed by atoms with Crippen molar-refractivity contribution < 1.29 is 109 Å². The van der Waals surface area contributed by atoms with Gasteiger partial charge in [-0.05, 0) is 0 Å². The molecule has 0 saturated carbocycles. The van der Waals surface area contributed by atoms with Crippen molar-refractivity contribution in [2.45, 2.75) is 130 Å². The van der Waals surface area contributed by atoms with E-state index in [1.807, 2.05) is 0 Å². The zero-order valence-corrected chi connectivity index (χ0v) is 26.0. The van der Waals surface area contributed by atoms with Gasteiger partial charge in [-0.25, -0.2) is 4.79 Å². The summed E-state index contributed by atoms with van der Waals surface area (Å²) in [6.07, 6.45) is -32.5. The van der Waals surface area contributed by atoms with Gasteiger partial charge in [0.1, 0.15) is 79.4 Å². The molecule has 4 saturated heterocycles. The van der Waals surface area contributed by atoms with Gasteiger partial charge in [-0.2, -0.15) is 0 Å². The summed E-state index contributed by atoms with van der Waals surface area (Å²) in [5.41, 5.74) is 0. The highest BCUT2D eigenvalue weighted by Gasteiger charge is 2.57. The fourth-order valence-electron chi connectivity index (χ4n) is 6.17. The smallest absolute Gasteiger partial charge is 0.364 e. The molecule has 4 rings (SSSR count). The predicted molar refractivity (Wildman–Crippen MR) is 148 cm³/mol. The molecule has 0 spiro atoms. The van der Waals surface area contributed by atoms with Crippen molar-refractivity contribution in [1.82, 2.24) is 0 Å². The normalized spacial score (nSPS) is 50.2. The van der Waals surface area contributed by atoms with E-state index in [4.69, 9.17) is 33.2 Å². The third kappa shape index (κ3) is 8.18. The molecule has 49 heavy (non-hydrogen) atoms. The summed E-state index contributed by atoms with van der Waals surface area (Å²) < 4.78 is 38.5. The van der Waals surface area contributed by atoms with E-state index in [9.17, 15) is 76.3 Å². The minimum absolute atomic E-state index is 0.703. The van der Waals surface area contributed by atoms with Crippen molar-refractivity contribution in [1.29, 1.82) is 0 Å². The monoisotopic (exact) mass is 722 g/mol. The van der Waals surface area contributed by atoms with E-state index in [0.29, 0.717) is 0 Å². The molecule has 4 heterocycles. The maximum Gasteiger partial charge on any atom is 0.364 e. The first-order valence-electron chi connectivity index (χ1n) is 15.5. The lowest BCUT2D eigenvalue weighted by molar-refractivity contribution is -0.388. The zero-order chi connectivity index (χ0) is 36.5. The Labute approximate surface area is 277 Å². The molecule has 20 atom stereocenters. The number of carbonyl (C=O) groups is 1. The van der Waals surface area contributed by atoms with Gasteiger partial charge in [0.05, 0.1) is 38.6 Å². The molecule has 0 bridgehead atoms. The van der Waals surface area contributed by atoms with Gasteiger partial charge < -0.3 is 105 Å². The largest absolute Gasteiger partial charge is 0.477 e. The van der Waals surface area contributed by atoms with E-state index < -0.39 is 161 Å². The fourth-order valence-corrected chi connectivity index (χ4v) is 6.17. The number of hydrogen-bond donors (Lipinski definition) is 14. The third-order valence-electron chi connectivity index (χ3n) is 9.12. The average Bonchev–Trinajstić information content (AvgIpc) is 3.07. The van der Waals surface area contributed by atoms with Crippen LogP contribution in [-0.4, -0.2) is 220 Å². The number of aliphatic hydroxyl groups is 13. The molecule has 7 unspecified atom stereocenters. The number of hydrogen-bond acceptors (Lipinski definition) is 21. The Morgan fingerprint density at radius 2 is 1.20 bits per heavy atom. The Morgan fingerprint density at radius 3 is 1.78 bits per heavy atom. The van der Waals surface area contributed by atoms with Crippen LogP contribution in [0.5, 0.6) is 0 Å². The first-order chi connectivity index (χ1) is 23.0. The SMILES string of the molecule is CC1[C@H](O[C@H]2C(CO)O[C@H](O[C@@H]3C(O)[C@H](O[C@H]4C([C@H](O)CO)O[C@@](O)(C(=O)O)C[C@H]4O)OC(CO)[C@@H]3O)C(O)[C@H]2O)OC(CO)[C@H](O)[C@@H]1O. The Kier molecular flexibility index (Phi) is 13.7. The summed E-state index contributed by atoms with van der Waals surface area (Å²) in [5, 5.41) is 144. The van der Waals surface area contributed by atoms with Crippen LogP contribution in [0.25, 0.3) is 0 Å². The van der Waals surface area contributed by atoms with Gasteiger partial charge in [-0.15, -0.1) is 0 Å². The lowest BCUT2D eigenvalue weighted by Gasteiger charge is -2.49. The van der Waals surface area contributed by atoms with Crippen molar-refractivity contribution in [2.75, 3.05) is 26.4 Å². The number of aliphatic hydroxyl groups excluding tert-OH is 12. The van der Waals surface area contributed by atoms with Gasteiger partial charge in [-0.1, -0.05) is 6.92 Å². The maximum absolute atomic E-state index is 11.5. The molecule has 0 aromatic heterocycles. The van der Waals surface area contributed by atoms with E-state index in [0.717, 1.165) is 0 Å². The predicted octanol–water partition coefficient (Wildman–Crippen LogP) is -8.63. The lowest BCUT2D eigenvalue weighted by Crippen LogP contribution is -2.67. The van der Waals surface area contributed by atoms with Crippen molar-refractivity contribution in [2.24, 2.45) is 5.92 Å². The molecule has 4 aliphatic rings. The molecule has 0 aromatic rings. The molecular weight excluding hydrogens is 676 g/mol. The molecule has 14 N–H and O–H groups in total. The van der Waals surface area contributed by atoms with Gasteiger partial charge in [0.2, 0.25) is 0 Å². The van der Waals surface area contributed by atoms with Crippen molar-refractivity contribution in [3.63, 3.8) is 0 Å². The molecular formula is C27H46O22. The highest BCUT2D eigenvalue weighted by Crippen LogP contribution is 2.36. The molecule has 286 valence electrons. The van der Waals surface area contributed by atoms with Crippen LogP contribution in [0.1, 0.15) is 13.3 Å². The first-order valence-corrected chi connectivity index (χ1v) is 15.5. The summed E-state index contributed by atoms with van der Waals surface area (Å²) in [6.45, 7) is -2.13. The Morgan fingerprint density at radius 1 is 0.694 bits per heavy atom. The van der Waals surface area contributed by atoms with E-state index in [-0.39, 0.29) is 0 Å². The van der Waals surface area contributed by atoms with Crippen LogP contribution in [0.2, 0.25) is 0 Å². The average molecular weight is 723 g/mol. The summed E-state index contributed by atoms with van der Waals surface area (Å²) in [4.78, 5) is 11.5. The number of carboxylic acids is 1. The van der Waals surface area contributed by atoms with Crippen LogP contribution >= 0.6 is 0 Å². The molecule has 4 fully saturated rings. The van der Waals surface area contributed by atoms with Gasteiger partial charge in [0, 0.05) is 12.3 Å². The van der Waals surface area contributed by atoms with Gasteiger partial charge in [-0.3, -0.25) is 0 Å². The fraction of sp³-hybridized carbons (Fsp3) is 0.963. The Bertz CT molecular complexity index is 1070. The molecule has 22 nitrogen and oxygen atoms in total. The molecule has 22 heteroatoms. The first kappa shape index (κ1) is 40.4. The van der Waals surface area contributed by atoms with E-state index >= 15 is 0 Å². The topological polar surface area (TPSA) is 365 Å². The minimum Gasteiger partial charge on any atom is -0.477 e. The second kappa shape index (κ2) is 16.6. The summed E-state index contributed by atoms with van der Waals surface area (Å²) >= 11 is 0. The van der Waals surface area contributed by atoms with Crippen LogP contribution in [0, 0.1) is 5.92 Å². The number of carboxylic acid groups (broad SMARTS) is 1. The van der Waals surface area contributed by atoms with E-state index in [1.54, 1.807) is 0 Å². The van der Waals surface area contributed by atoms with Crippen LogP contribution in [0.15, 0.2) is 0 Å². The molecule has 0 radical (unpaired) electrons. The molecule has 0 amide bonds. The van der Waals surface area contributed by atoms with Gasteiger partial charge in [0.15, 0.2) is 18.9 Å². The highest BCUT2D eigenvalue weighted by molar-refractivity contribution is 5.75. The lowest BCUT2D eigenvalue weighted by atomic mass is 9.91. The highest BCUT2D eigenvalue weighted by atomic mass is 16.8. The van der Waals surface area contributed by atoms with Crippen LogP contribution in [0.3, 0.4) is 0 Å². The number of rotatable bonds is 12. The third-order valence-corrected chi connectivity index (χ3v) is 9.12. The summed E-state index contributed by atoms with van der Waals surface area (Å²) in [7, 11) is 0. The van der Waals surface area contributed by atoms with Crippen molar-refractivity contribution >= 4 is 5.97 Å². The summed E-state index contributed by atoms with van der Waals surface area (Å²) in [5.74, 6) is -5.87. The van der Waals surface area contributed by atoms with Gasteiger partial charge in [0.25, 0.3) is 5.79 Å². The van der Waals surface area contributed by atoms with Crippen LogP contribution < -0.4 is 0 Å². The minimum atomic E-state index is -3.01. The van der Waals surface area contributed by atoms with Crippen molar-refractivity contribution in [3.05, 3.63) is 0 Å². The van der Waals surface area contributed by atoms with Gasteiger partial charge >= 0.3 is 5.97 Å². The second-order valence-electron chi connectivity index (χ2n) is 12.5. The Hall–Kier alpha value is -1.33. The molecule has 4 aliphatic heterocycles. The number of aliphatic carboxylic acids is 1. The zero-order valence-electron chi connectivity index (χ0n) is 26.0. The maximum atomic E-state index is 11.5. The second-order valence-corrected chi connectivity index (χ2v) is 12.5. The number of ether oxygens (including phenoxy) is 7. The van der Waals surface area contributed by atoms with Crippen molar-refractivity contribution in [3.8, 4) is 0 Å².